The van der Waals surface area contributed by atoms with Crippen LogP contribution < -0.4 is 0 Å². The molecule has 1 fully saturated rings. The highest BCUT2D eigenvalue weighted by atomic mass is 16.2. The van der Waals surface area contributed by atoms with Crippen molar-refractivity contribution >= 4 is 11.8 Å². The lowest BCUT2D eigenvalue weighted by atomic mass is 9.81. The molecule has 0 unspecified atom stereocenters. The first-order chi connectivity index (χ1) is 7.97. The Balaban J connectivity index is 2.71. The van der Waals surface area contributed by atoms with Gasteiger partial charge in [-0.1, -0.05) is 33.3 Å². The third-order valence-electron chi connectivity index (χ3n) is 3.43. The zero-order valence-electron chi connectivity index (χ0n) is 11.1. The summed E-state index contributed by atoms with van der Waals surface area (Å²) in [6.07, 6.45) is 4.03. The minimum atomic E-state index is -0.0526. The van der Waals surface area contributed by atoms with E-state index in [1.807, 2.05) is 6.92 Å². The van der Waals surface area contributed by atoms with Gasteiger partial charge < -0.3 is 0 Å². The number of carbonyl (C=O) groups is 2. The van der Waals surface area contributed by atoms with Crippen LogP contribution in [0.2, 0.25) is 0 Å². The molecule has 0 N–H and O–H groups in total. The summed E-state index contributed by atoms with van der Waals surface area (Å²) < 4.78 is 0. The molecule has 0 aromatic carbocycles. The van der Waals surface area contributed by atoms with Crippen molar-refractivity contribution in [3.8, 4) is 0 Å². The molecular weight excluding hydrogens is 214 g/mol. The van der Waals surface area contributed by atoms with E-state index in [0.717, 1.165) is 12.8 Å². The molecule has 0 aromatic heterocycles. The van der Waals surface area contributed by atoms with Crippen LogP contribution in [0.4, 0.5) is 0 Å². The highest BCUT2D eigenvalue weighted by molar-refractivity contribution is 5.99. The van der Waals surface area contributed by atoms with Gasteiger partial charge in [0.1, 0.15) is 0 Å². The van der Waals surface area contributed by atoms with Gasteiger partial charge in [-0.25, -0.2) is 0 Å². The van der Waals surface area contributed by atoms with Gasteiger partial charge in [0.2, 0.25) is 11.8 Å². The van der Waals surface area contributed by atoms with Crippen molar-refractivity contribution < 1.29 is 9.59 Å². The number of piperidine rings is 1. The summed E-state index contributed by atoms with van der Waals surface area (Å²) in [6.45, 7) is 10.3. The molecule has 0 radical (unpaired) electrons. The number of imide groups is 1. The van der Waals surface area contributed by atoms with Crippen LogP contribution in [0, 0.1) is 17.8 Å². The number of carbonyl (C=O) groups excluding carboxylic acids is 2. The molecule has 3 heteroatoms. The van der Waals surface area contributed by atoms with E-state index in [0.29, 0.717) is 18.9 Å². The number of nitrogens with zero attached hydrogens (tertiary/aromatic N) is 1. The summed E-state index contributed by atoms with van der Waals surface area (Å²) in [5.41, 5.74) is 0. The lowest BCUT2D eigenvalue weighted by molar-refractivity contribution is -0.153. The minimum absolute atomic E-state index is 0.00528. The molecule has 0 spiro atoms. The zero-order valence-corrected chi connectivity index (χ0v) is 11.1. The highest BCUT2D eigenvalue weighted by Gasteiger charge is 2.38. The fourth-order valence-corrected chi connectivity index (χ4v) is 2.34. The van der Waals surface area contributed by atoms with Crippen LogP contribution in [0.5, 0.6) is 0 Å². The minimum Gasteiger partial charge on any atom is -0.279 e. The van der Waals surface area contributed by atoms with Crippen LogP contribution >= 0.6 is 0 Å². The van der Waals surface area contributed by atoms with Gasteiger partial charge in [0, 0.05) is 18.9 Å². The van der Waals surface area contributed by atoms with Crippen molar-refractivity contribution in [3.63, 3.8) is 0 Å². The molecule has 0 aromatic rings. The SMILES string of the molecule is C=CCN1C(=O)C[C@H](C)[C@@H](CCC(C)C)C1=O. The van der Waals surface area contributed by atoms with E-state index in [9.17, 15) is 9.59 Å². The summed E-state index contributed by atoms with van der Waals surface area (Å²) in [7, 11) is 0. The van der Waals surface area contributed by atoms with Gasteiger partial charge in [-0.15, -0.1) is 6.58 Å². The Kier molecular flexibility index (Phi) is 4.91. The second-order valence-electron chi connectivity index (χ2n) is 5.39. The fourth-order valence-electron chi connectivity index (χ4n) is 2.34. The molecule has 2 atom stereocenters. The van der Waals surface area contributed by atoms with Gasteiger partial charge in [0.05, 0.1) is 0 Å². The lowest BCUT2D eigenvalue weighted by Crippen LogP contribution is -2.48. The van der Waals surface area contributed by atoms with Crippen molar-refractivity contribution in [1.29, 1.82) is 0 Å². The van der Waals surface area contributed by atoms with E-state index in [-0.39, 0.29) is 23.7 Å². The van der Waals surface area contributed by atoms with Crippen LogP contribution in [0.1, 0.15) is 40.0 Å². The second kappa shape index (κ2) is 5.99. The monoisotopic (exact) mass is 237 g/mol. The van der Waals surface area contributed by atoms with Crippen LogP contribution in [-0.4, -0.2) is 23.3 Å². The predicted molar refractivity (Wildman–Crippen MR) is 68.3 cm³/mol. The molecule has 1 aliphatic rings. The molecule has 17 heavy (non-hydrogen) atoms. The van der Waals surface area contributed by atoms with Gasteiger partial charge in [0.25, 0.3) is 0 Å². The second-order valence-corrected chi connectivity index (χ2v) is 5.39. The molecular formula is C14H23NO2. The molecule has 1 rings (SSSR count). The molecule has 0 aliphatic carbocycles. The average molecular weight is 237 g/mol. The van der Waals surface area contributed by atoms with Crippen molar-refractivity contribution in [3.05, 3.63) is 12.7 Å². The normalized spacial score (nSPS) is 25.5. The fraction of sp³-hybridized carbons (Fsp3) is 0.714. The Bertz CT molecular complexity index is 309. The number of likely N-dealkylation sites (tertiary alicyclic amines) is 1. The molecule has 96 valence electrons. The van der Waals surface area contributed by atoms with Crippen molar-refractivity contribution in [2.75, 3.05) is 6.54 Å². The molecule has 3 nitrogen and oxygen atoms in total. The Morgan fingerprint density at radius 1 is 1.47 bits per heavy atom. The third kappa shape index (κ3) is 3.42. The quantitative estimate of drug-likeness (QED) is 0.544. The predicted octanol–water partition coefficient (Wildman–Crippen LogP) is 2.62. The van der Waals surface area contributed by atoms with Crippen LogP contribution in [0.15, 0.2) is 12.7 Å². The topological polar surface area (TPSA) is 37.4 Å². The van der Waals surface area contributed by atoms with Crippen molar-refractivity contribution in [1.82, 2.24) is 4.90 Å². The van der Waals surface area contributed by atoms with Crippen LogP contribution in [0.25, 0.3) is 0 Å². The first-order valence-corrected chi connectivity index (χ1v) is 6.42. The number of hydrogen-bond donors (Lipinski definition) is 0. The van der Waals surface area contributed by atoms with Gasteiger partial charge in [-0.05, 0) is 18.3 Å². The van der Waals surface area contributed by atoms with E-state index in [1.165, 1.54) is 4.90 Å². The maximum atomic E-state index is 12.2. The Hall–Kier alpha value is -1.12. The molecule has 0 saturated carbocycles. The van der Waals surface area contributed by atoms with E-state index in [1.54, 1.807) is 6.08 Å². The standard InChI is InChI=1S/C14H23NO2/c1-5-8-15-13(16)9-11(4)12(14(15)17)7-6-10(2)3/h5,10-12H,1,6-9H2,2-4H3/t11-,12+/m0/s1. The Labute approximate surface area is 104 Å². The van der Waals surface area contributed by atoms with E-state index < -0.39 is 0 Å². The third-order valence-corrected chi connectivity index (χ3v) is 3.43. The summed E-state index contributed by atoms with van der Waals surface area (Å²) in [5.74, 6) is 0.725. The summed E-state index contributed by atoms with van der Waals surface area (Å²) in [4.78, 5) is 25.3. The van der Waals surface area contributed by atoms with Crippen molar-refractivity contribution in [2.45, 2.75) is 40.0 Å². The maximum absolute atomic E-state index is 12.2. The summed E-state index contributed by atoms with van der Waals surface area (Å²) in [6, 6.07) is 0. The maximum Gasteiger partial charge on any atom is 0.232 e. The molecule has 1 saturated heterocycles. The van der Waals surface area contributed by atoms with Crippen molar-refractivity contribution in [2.24, 2.45) is 17.8 Å². The smallest absolute Gasteiger partial charge is 0.232 e. The number of hydrogen-bond acceptors (Lipinski definition) is 2. The highest BCUT2D eigenvalue weighted by Crippen LogP contribution is 2.30. The van der Waals surface area contributed by atoms with E-state index in [2.05, 4.69) is 20.4 Å². The number of rotatable bonds is 5. The first-order valence-electron chi connectivity index (χ1n) is 6.42. The molecule has 0 bridgehead atoms. The van der Waals surface area contributed by atoms with Crippen LogP contribution in [0.3, 0.4) is 0 Å². The first kappa shape index (κ1) is 13.9. The average Bonchev–Trinajstić information content (AvgIpc) is 2.23. The van der Waals surface area contributed by atoms with Gasteiger partial charge >= 0.3 is 0 Å². The van der Waals surface area contributed by atoms with Crippen LogP contribution in [-0.2, 0) is 9.59 Å². The van der Waals surface area contributed by atoms with E-state index in [4.69, 9.17) is 0 Å². The van der Waals surface area contributed by atoms with Gasteiger partial charge in [-0.3, -0.25) is 14.5 Å². The Morgan fingerprint density at radius 3 is 2.65 bits per heavy atom. The largest absolute Gasteiger partial charge is 0.279 e. The zero-order chi connectivity index (χ0) is 13.0. The molecule has 1 heterocycles. The Morgan fingerprint density at radius 2 is 2.12 bits per heavy atom. The van der Waals surface area contributed by atoms with Gasteiger partial charge in [-0.2, -0.15) is 0 Å². The number of amides is 2. The molecule has 2 amide bonds. The lowest BCUT2D eigenvalue weighted by Gasteiger charge is -2.34. The molecule has 1 aliphatic heterocycles. The summed E-state index contributed by atoms with van der Waals surface area (Å²) >= 11 is 0. The summed E-state index contributed by atoms with van der Waals surface area (Å²) in [5, 5.41) is 0. The van der Waals surface area contributed by atoms with Gasteiger partial charge in [0.15, 0.2) is 0 Å². The van der Waals surface area contributed by atoms with E-state index >= 15 is 0 Å².